The van der Waals surface area contributed by atoms with Gasteiger partial charge in [0.1, 0.15) is 5.82 Å². The molecule has 3 aromatic rings. The number of halogens is 4. The minimum atomic E-state index is -4.63. The fourth-order valence-corrected chi connectivity index (χ4v) is 3.57. The fraction of sp³-hybridized carbons (Fsp3) is 0.300. The third kappa shape index (κ3) is 3.95. The van der Waals surface area contributed by atoms with E-state index in [0.29, 0.717) is 17.4 Å². The Labute approximate surface area is 163 Å². The summed E-state index contributed by atoms with van der Waals surface area (Å²) < 4.78 is 53.8. The van der Waals surface area contributed by atoms with E-state index in [0.717, 1.165) is 37.6 Å². The summed E-state index contributed by atoms with van der Waals surface area (Å²) in [5, 5.41) is 13.2. The molecule has 3 N–H and O–H groups in total. The molecule has 1 aliphatic rings. The molecule has 0 bridgehead atoms. The number of amides is 1. The lowest BCUT2D eigenvalue weighted by atomic mass is 9.97. The van der Waals surface area contributed by atoms with Gasteiger partial charge in [0.2, 0.25) is 5.91 Å². The van der Waals surface area contributed by atoms with Crippen LogP contribution in [0.25, 0.3) is 22.0 Å². The maximum Gasteiger partial charge on any atom is 0.417 e. The van der Waals surface area contributed by atoms with Gasteiger partial charge >= 0.3 is 6.18 Å². The van der Waals surface area contributed by atoms with E-state index in [4.69, 9.17) is 0 Å². The molecule has 0 radical (unpaired) electrons. The number of aromatic amines is 1. The lowest BCUT2D eigenvalue weighted by Gasteiger charge is -2.21. The maximum absolute atomic E-state index is 13.7. The second kappa shape index (κ2) is 7.47. The lowest BCUT2D eigenvalue weighted by Crippen LogP contribution is -2.37. The van der Waals surface area contributed by atoms with Crippen LogP contribution in [-0.2, 0) is 11.0 Å². The van der Waals surface area contributed by atoms with Gasteiger partial charge in [-0.1, -0.05) is 6.07 Å². The van der Waals surface area contributed by atoms with Crippen molar-refractivity contribution in [1.82, 2.24) is 15.5 Å². The summed E-state index contributed by atoms with van der Waals surface area (Å²) in [5.74, 6) is -0.919. The zero-order valence-corrected chi connectivity index (χ0v) is 15.2. The third-order valence-corrected chi connectivity index (χ3v) is 5.07. The monoisotopic (exact) mass is 406 g/mol. The second-order valence-electron chi connectivity index (χ2n) is 7.05. The van der Waals surface area contributed by atoms with Crippen LogP contribution in [0.2, 0.25) is 0 Å². The zero-order chi connectivity index (χ0) is 20.6. The first-order valence-electron chi connectivity index (χ1n) is 9.20. The van der Waals surface area contributed by atoms with E-state index in [1.54, 1.807) is 6.07 Å². The summed E-state index contributed by atoms with van der Waals surface area (Å²) in [4.78, 5) is 12.5. The normalized spacial score (nSPS) is 17.4. The number of nitrogens with zero attached hydrogens (tertiary/aromatic N) is 1. The predicted molar refractivity (Wildman–Crippen MR) is 101 cm³/mol. The van der Waals surface area contributed by atoms with Crippen LogP contribution in [0.3, 0.4) is 0 Å². The van der Waals surface area contributed by atoms with Crippen molar-refractivity contribution in [3.63, 3.8) is 0 Å². The third-order valence-electron chi connectivity index (χ3n) is 5.07. The second-order valence-corrected chi connectivity index (χ2v) is 7.05. The first kappa shape index (κ1) is 19.4. The Hall–Kier alpha value is -2.94. The highest BCUT2D eigenvalue weighted by Crippen LogP contribution is 2.38. The van der Waals surface area contributed by atoms with Gasteiger partial charge in [-0.05, 0) is 60.8 Å². The lowest BCUT2D eigenvalue weighted by molar-refractivity contribution is -0.137. The Kier molecular flexibility index (Phi) is 4.99. The number of nitrogens with one attached hydrogen (secondary N) is 3. The van der Waals surface area contributed by atoms with Gasteiger partial charge in [0, 0.05) is 11.9 Å². The average Bonchev–Trinajstić information content (AvgIpc) is 3.09. The van der Waals surface area contributed by atoms with Crippen LogP contribution in [0, 0.1) is 11.7 Å². The van der Waals surface area contributed by atoms with Gasteiger partial charge in [0.25, 0.3) is 0 Å². The van der Waals surface area contributed by atoms with Crippen molar-refractivity contribution in [2.75, 3.05) is 18.4 Å². The number of carbonyl (C=O) groups excluding carboxylic acids is 1. The van der Waals surface area contributed by atoms with Crippen molar-refractivity contribution in [1.29, 1.82) is 0 Å². The quantitative estimate of drug-likeness (QED) is 0.567. The number of benzene rings is 2. The highest BCUT2D eigenvalue weighted by molar-refractivity contribution is 6.01. The Morgan fingerprint density at radius 2 is 2.00 bits per heavy atom. The van der Waals surface area contributed by atoms with E-state index in [1.165, 1.54) is 12.1 Å². The van der Waals surface area contributed by atoms with Crippen LogP contribution >= 0.6 is 0 Å². The molecule has 2 heterocycles. The molecule has 0 saturated carbocycles. The summed E-state index contributed by atoms with van der Waals surface area (Å²) >= 11 is 0. The van der Waals surface area contributed by atoms with Gasteiger partial charge in [-0.25, -0.2) is 4.39 Å². The smallest absolute Gasteiger partial charge is 0.316 e. The van der Waals surface area contributed by atoms with Crippen LogP contribution in [0.1, 0.15) is 18.4 Å². The number of hydrogen-bond acceptors (Lipinski definition) is 3. The molecule has 1 saturated heterocycles. The molecular formula is C20H18F4N4O. The van der Waals surface area contributed by atoms with Crippen molar-refractivity contribution in [2.24, 2.45) is 5.92 Å². The average molecular weight is 406 g/mol. The van der Waals surface area contributed by atoms with Gasteiger partial charge in [-0.15, -0.1) is 0 Å². The Morgan fingerprint density at radius 3 is 2.72 bits per heavy atom. The number of piperidine rings is 1. The van der Waals surface area contributed by atoms with Gasteiger partial charge in [-0.2, -0.15) is 18.3 Å². The Morgan fingerprint density at radius 1 is 1.17 bits per heavy atom. The van der Waals surface area contributed by atoms with E-state index in [1.807, 2.05) is 0 Å². The van der Waals surface area contributed by atoms with Crippen molar-refractivity contribution >= 4 is 22.6 Å². The van der Waals surface area contributed by atoms with Crippen LogP contribution in [0.15, 0.2) is 36.4 Å². The molecule has 1 aliphatic heterocycles. The molecule has 29 heavy (non-hydrogen) atoms. The number of rotatable bonds is 3. The molecule has 0 spiro atoms. The zero-order valence-electron chi connectivity index (χ0n) is 15.2. The summed E-state index contributed by atoms with van der Waals surface area (Å²) in [6.07, 6.45) is -2.98. The summed E-state index contributed by atoms with van der Waals surface area (Å²) in [5.41, 5.74) is -0.466. The summed E-state index contributed by atoms with van der Waals surface area (Å²) in [6, 6.07) is 6.85. The topological polar surface area (TPSA) is 69.8 Å². The maximum atomic E-state index is 13.7. The van der Waals surface area contributed by atoms with Gasteiger partial charge in [0.15, 0.2) is 5.82 Å². The number of alkyl halides is 3. The molecule has 1 fully saturated rings. The molecule has 1 amide bonds. The summed E-state index contributed by atoms with van der Waals surface area (Å²) in [6.45, 7) is 1.44. The molecule has 9 heteroatoms. The van der Waals surface area contributed by atoms with Crippen LogP contribution < -0.4 is 10.6 Å². The standard InChI is InChI=1S/C20H18F4N4O/c21-13-4-5-16(20(22,23)24)14(9-13)11-3-6-17-15(8-11)18(28-27-17)26-19(29)12-2-1-7-25-10-12/h3-6,8-9,12,25H,1-2,7,10H2,(H2,26,27,28,29)/t12-/m1/s1. The van der Waals surface area contributed by atoms with Crippen molar-refractivity contribution < 1.29 is 22.4 Å². The van der Waals surface area contributed by atoms with Gasteiger partial charge in [0.05, 0.1) is 17.0 Å². The molecule has 1 atom stereocenters. The van der Waals surface area contributed by atoms with E-state index < -0.39 is 17.6 Å². The van der Waals surface area contributed by atoms with Crippen LogP contribution in [0.4, 0.5) is 23.4 Å². The van der Waals surface area contributed by atoms with E-state index in [9.17, 15) is 22.4 Å². The van der Waals surface area contributed by atoms with E-state index in [2.05, 4.69) is 20.8 Å². The molecule has 0 unspecified atom stereocenters. The van der Waals surface area contributed by atoms with Gasteiger partial charge < -0.3 is 10.6 Å². The number of aromatic nitrogens is 2. The fourth-order valence-electron chi connectivity index (χ4n) is 3.57. The molecule has 4 rings (SSSR count). The highest BCUT2D eigenvalue weighted by atomic mass is 19.4. The largest absolute Gasteiger partial charge is 0.417 e. The Balaban J connectivity index is 1.71. The molecule has 5 nitrogen and oxygen atoms in total. The van der Waals surface area contributed by atoms with Crippen molar-refractivity contribution in [3.8, 4) is 11.1 Å². The molecule has 0 aliphatic carbocycles. The summed E-state index contributed by atoms with van der Waals surface area (Å²) in [7, 11) is 0. The number of anilines is 1. The molecule has 2 aromatic carbocycles. The minimum absolute atomic E-state index is 0.181. The molecular weight excluding hydrogens is 388 g/mol. The number of H-pyrrole nitrogens is 1. The first-order valence-corrected chi connectivity index (χ1v) is 9.20. The number of fused-ring (bicyclic) bond motifs is 1. The number of carbonyl (C=O) groups is 1. The molecule has 1 aromatic heterocycles. The Bertz CT molecular complexity index is 1050. The minimum Gasteiger partial charge on any atom is -0.316 e. The van der Waals surface area contributed by atoms with E-state index >= 15 is 0 Å². The van der Waals surface area contributed by atoms with Crippen molar-refractivity contribution in [3.05, 3.63) is 47.8 Å². The van der Waals surface area contributed by atoms with Crippen LogP contribution in [-0.4, -0.2) is 29.2 Å². The van der Waals surface area contributed by atoms with Crippen LogP contribution in [0.5, 0.6) is 0 Å². The van der Waals surface area contributed by atoms with Crippen molar-refractivity contribution in [2.45, 2.75) is 19.0 Å². The van der Waals surface area contributed by atoms with E-state index in [-0.39, 0.29) is 28.8 Å². The van der Waals surface area contributed by atoms with Gasteiger partial charge in [-0.3, -0.25) is 9.89 Å². The molecule has 152 valence electrons. The highest BCUT2D eigenvalue weighted by Gasteiger charge is 2.34. The first-order chi connectivity index (χ1) is 13.8. The SMILES string of the molecule is O=C(Nc1n[nH]c2ccc(-c3cc(F)ccc3C(F)(F)F)cc12)[C@@H]1CCCNC1. The predicted octanol–water partition coefficient (Wildman–Crippen LogP) is 4.33. The number of hydrogen-bond donors (Lipinski definition) is 3.